The summed E-state index contributed by atoms with van der Waals surface area (Å²) < 4.78 is 5.20. The molecule has 0 saturated heterocycles. The van der Waals surface area contributed by atoms with Gasteiger partial charge in [0.15, 0.2) is 0 Å². The van der Waals surface area contributed by atoms with Crippen molar-refractivity contribution >= 4 is 11.3 Å². The van der Waals surface area contributed by atoms with Crippen LogP contribution >= 0.6 is 11.3 Å². The lowest BCUT2D eigenvalue weighted by atomic mass is 10.1. The number of thiophene rings is 1. The van der Waals surface area contributed by atoms with E-state index in [4.69, 9.17) is 4.74 Å². The molecule has 1 atom stereocenters. The van der Waals surface area contributed by atoms with Gasteiger partial charge >= 0.3 is 0 Å². The molecule has 0 spiro atoms. The number of ether oxygens (including phenoxy) is 1. The van der Waals surface area contributed by atoms with Crippen LogP contribution in [0.2, 0.25) is 0 Å². The minimum absolute atomic E-state index is 0.361. The summed E-state index contributed by atoms with van der Waals surface area (Å²) in [4.78, 5) is 4.93. The summed E-state index contributed by atoms with van der Waals surface area (Å²) in [7, 11) is 1.72. The number of nitrogens with zero attached hydrogens (tertiary/aromatic N) is 1. The van der Waals surface area contributed by atoms with Crippen LogP contribution in [0.15, 0.2) is 42.5 Å². The zero-order valence-electron chi connectivity index (χ0n) is 13.4. The van der Waals surface area contributed by atoms with Gasteiger partial charge < -0.3 is 9.84 Å². The predicted molar refractivity (Wildman–Crippen MR) is 92.4 cm³/mol. The maximum absolute atomic E-state index is 10.4. The number of aliphatic hydroxyl groups is 1. The van der Waals surface area contributed by atoms with Crippen LogP contribution in [0.4, 0.5) is 0 Å². The average Bonchev–Trinajstić information content (AvgIpc) is 2.91. The van der Waals surface area contributed by atoms with Crippen molar-refractivity contribution in [3.8, 4) is 0 Å². The monoisotopic (exact) mass is 319 g/mol. The van der Waals surface area contributed by atoms with Crippen LogP contribution in [0.1, 0.15) is 15.3 Å². The first kappa shape index (κ1) is 17.2. The van der Waals surface area contributed by atoms with Crippen LogP contribution in [0, 0.1) is 6.92 Å². The van der Waals surface area contributed by atoms with E-state index in [0.29, 0.717) is 19.6 Å². The van der Waals surface area contributed by atoms with Gasteiger partial charge in [-0.15, -0.1) is 11.3 Å². The number of hydrogen-bond donors (Lipinski definition) is 1. The standard InChI is InChI=1S/C18H25NO2S/c1-15-8-9-18(22-15)14-19(10-11-21-2)13-17(20)12-16-6-4-3-5-7-16/h3-9,17,20H,10-14H2,1-2H3/t17-/m0/s1. The lowest BCUT2D eigenvalue weighted by Gasteiger charge is -2.24. The van der Waals surface area contributed by atoms with Gasteiger partial charge in [-0.1, -0.05) is 30.3 Å². The van der Waals surface area contributed by atoms with E-state index in [9.17, 15) is 5.11 Å². The van der Waals surface area contributed by atoms with Crippen molar-refractivity contribution in [3.63, 3.8) is 0 Å². The Morgan fingerprint density at radius 2 is 1.95 bits per heavy atom. The lowest BCUT2D eigenvalue weighted by Crippen LogP contribution is -2.35. The van der Waals surface area contributed by atoms with Gasteiger partial charge in [-0.3, -0.25) is 4.90 Å². The number of hydrogen-bond acceptors (Lipinski definition) is 4. The summed E-state index contributed by atoms with van der Waals surface area (Å²) in [5.74, 6) is 0. The second-order valence-electron chi connectivity index (χ2n) is 5.58. The van der Waals surface area contributed by atoms with E-state index in [1.807, 2.05) is 29.5 Å². The van der Waals surface area contributed by atoms with Crippen LogP contribution < -0.4 is 0 Å². The molecule has 0 bridgehead atoms. The lowest BCUT2D eigenvalue weighted by molar-refractivity contribution is 0.0857. The van der Waals surface area contributed by atoms with Crippen molar-refractivity contribution in [2.45, 2.75) is 26.0 Å². The molecule has 0 aliphatic carbocycles. The molecule has 0 unspecified atom stereocenters. The van der Waals surface area contributed by atoms with Crippen LogP contribution in [0.3, 0.4) is 0 Å². The summed E-state index contributed by atoms with van der Waals surface area (Å²) in [5.41, 5.74) is 1.17. The highest BCUT2D eigenvalue weighted by Crippen LogP contribution is 2.17. The molecule has 2 aromatic rings. The highest BCUT2D eigenvalue weighted by molar-refractivity contribution is 7.11. The van der Waals surface area contributed by atoms with E-state index in [1.165, 1.54) is 15.3 Å². The fourth-order valence-corrected chi connectivity index (χ4v) is 3.43. The molecule has 1 N–H and O–H groups in total. The molecular weight excluding hydrogens is 294 g/mol. The van der Waals surface area contributed by atoms with E-state index < -0.39 is 0 Å². The van der Waals surface area contributed by atoms with Crippen molar-refractivity contribution in [1.29, 1.82) is 0 Å². The molecule has 0 aliphatic heterocycles. The Morgan fingerprint density at radius 1 is 1.18 bits per heavy atom. The fourth-order valence-electron chi connectivity index (χ4n) is 2.49. The Labute approximate surface area is 137 Å². The third-order valence-electron chi connectivity index (χ3n) is 3.57. The Bertz CT molecular complexity index is 541. The van der Waals surface area contributed by atoms with Gasteiger partial charge in [-0.2, -0.15) is 0 Å². The van der Waals surface area contributed by atoms with Gasteiger partial charge in [-0.25, -0.2) is 0 Å². The largest absolute Gasteiger partial charge is 0.391 e. The summed E-state index contributed by atoms with van der Waals surface area (Å²) in [5, 5.41) is 10.4. The number of rotatable bonds is 9. The molecule has 4 heteroatoms. The maximum Gasteiger partial charge on any atom is 0.0707 e. The molecule has 0 fully saturated rings. The van der Waals surface area contributed by atoms with Crippen LogP contribution in [-0.2, 0) is 17.7 Å². The number of aryl methyl sites for hydroxylation is 1. The SMILES string of the molecule is COCCN(Cc1ccc(C)s1)C[C@@H](O)Cc1ccccc1. The van der Waals surface area contributed by atoms with E-state index in [-0.39, 0.29) is 6.10 Å². The van der Waals surface area contributed by atoms with Crippen molar-refractivity contribution < 1.29 is 9.84 Å². The van der Waals surface area contributed by atoms with Crippen molar-refractivity contribution in [1.82, 2.24) is 4.90 Å². The molecule has 3 nitrogen and oxygen atoms in total. The average molecular weight is 319 g/mol. The Balaban J connectivity index is 1.90. The molecule has 0 aliphatic rings. The zero-order chi connectivity index (χ0) is 15.8. The number of benzene rings is 1. The van der Waals surface area contributed by atoms with E-state index in [2.05, 4.69) is 36.1 Å². The molecular formula is C18H25NO2S. The molecule has 0 saturated carbocycles. The molecule has 1 aromatic carbocycles. The third-order valence-corrected chi connectivity index (χ3v) is 4.56. The van der Waals surface area contributed by atoms with Gasteiger partial charge in [0.2, 0.25) is 0 Å². The first-order chi connectivity index (χ1) is 10.7. The normalized spacial score (nSPS) is 12.7. The second kappa shape index (κ2) is 9.06. The first-order valence-electron chi connectivity index (χ1n) is 7.66. The molecule has 0 amide bonds. The highest BCUT2D eigenvalue weighted by Gasteiger charge is 2.13. The smallest absolute Gasteiger partial charge is 0.0707 e. The van der Waals surface area contributed by atoms with Gasteiger partial charge in [0.25, 0.3) is 0 Å². The maximum atomic E-state index is 10.4. The molecule has 0 radical (unpaired) electrons. The molecule has 22 heavy (non-hydrogen) atoms. The summed E-state index contributed by atoms with van der Waals surface area (Å²) in [6.07, 6.45) is 0.327. The van der Waals surface area contributed by atoms with Crippen LogP contribution in [0.25, 0.3) is 0 Å². The molecule has 1 heterocycles. The molecule has 2 rings (SSSR count). The summed E-state index contributed by atoms with van der Waals surface area (Å²) in [6, 6.07) is 14.5. The topological polar surface area (TPSA) is 32.7 Å². The molecule has 1 aromatic heterocycles. The number of methoxy groups -OCH3 is 1. The summed E-state index contributed by atoms with van der Waals surface area (Å²) >= 11 is 1.82. The van der Waals surface area contributed by atoms with Crippen LogP contribution in [0.5, 0.6) is 0 Å². The Morgan fingerprint density at radius 3 is 2.59 bits per heavy atom. The van der Waals surface area contributed by atoms with Crippen LogP contribution in [-0.4, -0.2) is 42.9 Å². The second-order valence-corrected chi connectivity index (χ2v) is 6.96. The van der Waals surface area contributed by atoms with Crippen molar-refractivity contribution in [2.75, 3.05) is 26.8 Å². The van der Waals surface area contributed by atoms with Crippen molar-refractivity contribution in [3.05, 3.63) is 57.8 Å². The van der Waals surface area contributed by atoms with E-state index >= 15 is 0 Å². The van der Waals surface area contributed by atoms with Crippen molar-refractivity contribution in [2.24, 2.45) is 0 Å². The van der Waals surface area contributed by atoms with Gasteiger partial charge in [0.05, 0.1) is 12.7 Å². The highest BCUT2D eigenvalue weighted by atomic mass is 32.1. The van der Waals surface area contributed by atoms with Gasteiger partial charge in [0.1, 0.15) is 0 Å². The molecule has 120 valence electrons. The zero-order valence-corrected chi connectivity index (χ0v) is 14.2. The summed E-state index contributed by atoms with van der Waals surface area (Å²) in [6.45, 7) is 5.17. The fraction of sp³-hybridized carbons (Fsp3) is 0.444. The van der Waals surface area contributed by atoms with E-state index in [0.717, 1.165) is 13.1 Å². The minimum atomic E-state index is -0.361. The quantitative estimate of drug-likeness (QED) is 0.771. The minimum Gasteiger partial charge on any atom is -0.391 e. The van der Waals surface area contributed by atoms with E-state index in [1.54, 1.807) is 7.11 Å². The first-order valence-corrected chi connectivity index (χ1v) is 8.47. The third kappa shape index (κ3) is 5.89. The van der Waals surface area contributed by atoms with Gasteiger partial charge in [-0.05, 0) is 31.0 Å². The Hall–Kier alpha value is -1.20. The predicted octanol–water partition coefficient (Wildman–Crippen LogP) is 3.11. The Kier molecular flexibility index (Phi) is 7.06. The number of aliphatic hydroxyl groups excluding tert-OH is 1. The van der Waals surface area contributed by atoms with Gasteiger partial charge in [0, 0.05) is 36.5 Å².